The van der Waals surface area contributed by atoms with Crippen molar-refractivity contribution in [1.29, 1.82) is 0 Å². The molecule has 7 heteroatoms. The summed E-state index contributed by atoms with van der Waals surface area (Å²) in [5, 5.41) is 12.2. The summed E-state index contributed by atoms with van der Waals surface area (Å²) in [7, 11) is 0. The van der Waals surface area contributed by atoms with Crippen molar-refractivity contribution in [1.82, 2.24) is 5.32 Å². The second-order valence-electron chi connectivity index (χ2n) is 7.20. The number of hydrogen-bond donors (Lipinski definition) is 2. The molecule has 2 heterocycles. The Morgan fingerprint density at radius 2 is 2.04 bits per heavy atom. The van der Waals surface area contributed by atoms with Gasteiger partial charge in [-0.25, -0.2) is 0 Å². The number of amides is 2. The first kappa shape index (κ1) is 17.1. The average Bonchev–Trinajstić information content (AvgIpc) is 3.42. The Balaban J connectivity index is 1.42. The molecule has 1 aliphatic carbocycles. The Morgan fingerprint density at radius 3 is 2.77 bits per heavy atom. The highest BCUT2D eigenvalue weighted by atomic mass is 16.6. The largest absolute Gasteiger partial charge is 0.486 e. The van der Waals surface area contributed by atoms with Gasteiger partial charge < -0.3 is 24.8 Å². The number of nitrogens with zero attached hydrogens (tertiary/aromatic N) is 1. The normalized spacial score (nSPS) is 23.0. The smallest absolute Gasteiger partial charge is 0.227 e. The van der Waals surface area contributed by atoms with Gasteiger partial charge in [-0.15, -0.1) is 0 Å². The molecular formula is C19H24N2O5. The number of aliphatic hydroxyl groups is 1. The summed E-state index contributed by atoms with van der Waals surface area (Å²) in [4.78, 5) is 26.7. The average molecular weight is 360 g/mol. The molecule has 0 spiro atoms. The number of fused-ring (bicyclic) bond motifs is 1. The van der Waals surface area contributed by atoms with E-state index < -0.39 is 0 Å². The topological polar surface area (TPSA) is 88.1 Å². The van der Waals surface area contributed by atoms with E-state index in [4.69, 9.17) is 9.47 Å². The van der Waals surface area contributed by atoms with Gasteiger partial charge in [0.15, 0.2) is 11.5 Å². The third-order valence-electron chi connectivity index (χ3n) is 5.29. The molecule has 4 rings (SSSR count). The van der Waals surface area contributed by atoms with Crippen LogP contribution in [0.2, 0.25) is 0 Å². The fraction of sp³-hybridized carbons (Fsp3) is 0.579. The van der Waals surface area contributed by atoms with Crippen LogP contribution in [-0.2, 0) is 9.59 Å². The Morgan fingerprint density at radius 1 is 1.27 bits per heavy atom. The summed E-state index contributed by atoms with van der Waals surface area (Å²) in [5.74, 6) is 1.26. The van der Waals surface area contributed by atoms with E-state index in [0.29, 0.717) is 43.6 Å². The molecule has 3 aliphatic rings. The summed E-state index contributed by atoms with van der Waals surface area (Å²) in [6, 6.07) is 5.44. The minimum atomic E-state index is -0.365. The van der Waals surface area contributed by atoms with Gasteiger partial charge >= 0.3 is 0 Å². The third kappa shape index (κ3) is 3.49. The van der Waals surface area contributed by atoms with Crippen LogP contribution >= 0.6 is 0 Å². The molecule has 1 saturated carbocycles. The van der Waals surface area contributed by atoms with E-state index in [9.17, 15) is 14.7 Å². The maximum absolute atomic E-state index is 12.6. The van der Waals surface area contributed by atoms with E-state index in [1.54, 1.807) is 17.0 Å². The van der Waals surface area contributed by atoms with Gasteiger partial charge in [0.25, 0.3) is 0 Å². The van der Waals surface area contributed by atoms with Crippen LogP contribution in [0.4, 0.5) is 5.69 Å². The Kier molecular flexibility index (Phi) is 4.72. The fourth-order valence-electron chi connectivity index (χ4n) is 3.70. The predicted molar refractivity (Wildman–Crippen MR) is 94.2 cm³/mol. The molecule has 0 bridgehead atoms. The zero-order chi connectivity index (χ0) is 18.1. The van der Waals surface area contributed by atoms with Crippen LogP contribution in [0.15, 0.2) is 18.2 Å². The van der Waals surface area contributed by atoms with Gasteiger partial charge in [-0.2, -0.15) is 0 Å². The summed E-state index contributed by atoms with van der Waals surface area (Å²) in [6.07, 6.45) is 2.97. The minimum absolute atomic E-state index is 0.0194. The first-order valence-electron chi connectivity index (χ1n) is 9.27. The first-order chi connectivity index (χ1) is 12.7. The van der Waals surface area contributed by atoms with Gasteiger partial charge in [0.1, 0.15) is 13.2 Å². The molecular weight excluding hydrogens is 336 g/mol. The zero-order valence-corrected chi connectivity index (χ0v) is 14.6. The molecule has 0 aromatic heterocycles. The van der Waals surface area contributed by atoms with Crippen molar-refractivity contribution >= 4 is 17.5 Å². The van der Waals surface area contributed by atoms with Crippen LogP contribution < -0.4 is 19.7 Å². The van der Waals surface area contributed by atoms with Gasteiger partial charge in [-0.05, 0) is 37.3 Å². The number of ether oxygens (including phenoxy) is 2. The lowest BCUT2D eigenvalue weighted by molar-refractivity contribution is -0.127. The number of carbonyl (C=O) groups excluding carboxylic acids is 2. The fourth-order valence-corrected chi connectivity index (χ4v) is 3.70. The third-order valence-corrected chi connectivity index (χ3v) is 5.29. The number of carbonyl (C=O) groups is 2. The maximum atomic E-state index is 12.6. The van der Waals surface area contributed by atoms with Gasteiger partial charge in [0.05, 0.1) is 5.92 Å². The number of anilines is 1. The first-order valence-corrected chi connectivity index (χ1v) is 9.27. The number of benzene rings is 1. The molecule has 7 nitrogen and oxygen atoms in total. The summed E-state index contributed by atoms with van der Waals surface area (Å²) in [6.45, 7) is 1.44. The zero-order valence-electron chi connectivity index (χ0n) is 14.6. The van der Waals surface area contributed by atoms with Crippen molar-refractivity contribution < 1.29 is 24.2 Å². The molecule has 0 radical (unpaired) electrons. The monoisotopic (exact) mass is 360 g/mol. The van der Waals surface area contributed by atoms with Crippen molar-refractivity contribution in [3.8, 4) is 11.5 Å². The SMILES string of the molecule is O=C(NC(CCO)C1CC1)C1CC(=O)N(c2ccc3c(c2)OCCO3)C1. The lowest BCUT2D eigenvalue weighted by atomic mass is 10.0. The van der Waals surface area contributed by atoms with E-state index in [1.807, 2.05) is 6.07 Å². The molecule has 2 atom stereocenters. The van der Waals surface area contributed by atoms with Gasteiger partial charge in [-0.3, -0.25) is 9.59 Å². The van der Waals surface area contributed by atoms with Crippen LogP contribution in [0.25, 0.3) is 0 Å². The van der Waals surface area contributed by atoms with Crippen LogP contribution in [0.5, 0.6) is 11.5 Å². The molecule has 2 unspecified atom stereocenters. The van der Waals surface area contributed by atoms with Gasteiger partial charge in [0, 0.05) is 37.4 Å². The molecule has 26 heavy (non-hydrogen) atoms. The Labute approximate surface area is 152 Å². The molecule has 140 valence electrons. The van der Waals surface area contributed by atoms with Crippen molar-refractivity contribution in [3.63, 3.8) is 0 Å². The molecule has 1 saturated heterocycles. The molecule has 2 fully saturated rings. The lowest BCUT2D eigenvalue weighted by Crippen LogP contribution is -2.41. The standard InChI is InChI=1S/C19H24N2O5/c22-6-5-15(12-1-2-12)20-19(24)13-9-18(23)21(11-13)14-3-4-16-17(10-14)26-8-7-25-16/h3-4,10,12-13,15,22H,1-2,5-9,11H2,(H,20,24). The minimum Gasteiger partial charge on any atom is -0.486 e. The second-order valence-corrected chi connectivity index (χ2v) is 7.20. The molecule has 2 N–H and O–H groups in total. The quantitative estimate of drug-likeness (QED) is 0.793. The van der Waals surface area contributed by atoms with Crippen molar-refractivity contribution in [2.75, 3.05) is 31.3 Å². The predicted octanol–water partition coefficient (Wildman–Crippen LogP) is 1.09. The molecule has 2 aliphatic heterocycles. The van der Waals surface area contributed by atoms with Crippen molar-refractivity contribution in [2.24, 2.45) is 11.8 Å². The summed E-state index contributed by atoms with van der Waals surface area (Å²) in [5.41, 5.74) is 0.726. The van der Waals surface area contributed by atoms with Crippen LogP contribution in [0, 0.1) is 11.8 Å². The van der Waals surface area contributed by atoms with Crippen molar-refractivity contribution in [3.05, 3.63) is 18.2 Å². The van der Waals surface area contributed by atoms with E-state index >= 15 is 0 Å². The highest BCUT2D eigenvalue weighted by Crippen LogP contribution is 2.37. The molecule has 1 aromatic carbocycles. The van der Waals surface area contributed by atoms with Gasteiger partial charge in [-0.1, -0.05) is 0 Å². The molecule has 2 amide bonds. The van der Waals surface area contributed by atoms with E-state index in [2.05, 4.69) is 5.32 Å². The lowest BCUT2D eigenvalue weighted by Gasteiger charge is -2.22. The van der Waals surface area contributed by atoms with Crippen LogP contribution in [0.3, 0.4) is 0 Å². The van der Waals surface area contributed by atoms with Gasteiger partial charge in [0.2, 0.25) is 11.8 Å². The number of rotatable bonds is 6. The number of nitrogens with one attached hydrogen (secondary N) is 1. The Bertz CT molecular complexity index is 703. The van der Waals surface area contributed by atoms with E-state index in [0.717, 1.165) is 18.5 Å². The second kappa shape index (κ2) is 7.15. The highest BCUT2D eigenvalue weighted by molar-refractivity contribution is 6.00. The van der Waals surface area contributed by atoms with E-state index in [-0.39, 0.29) is 36.8 Å². The van der Waals surface area contributed by atoms with Crippen LogP contribution in [-0.4, -0.2) is 49.3 Å². The van der Waals surface area contributed by atoms with E-state index in [1.165, 1.54) is 0 Å². The number of aliphatic hydroxyl groups excluding tert-OH is 1. The maximum Gasteiger partial charge on any atom is 0.227 e. The summed E-state index contributed by atoms with van der Waals surface area (Å²) >= 11 is 0. The van der Waals surface area contributed by atoms with Crippen LogP contribution in [0.1, 0.15) is 25.7 Å². The number of hydrogen-bond acceptors (Lipinski definition) is 5. The Hall–Kier alpha value is -2.28. The van der Waals surface area contributed by atoms with Crippen molar-refractivity contribution in [2.45, 2.75) is 31.7 Å². The summed E-state index contributed by atoms with van der Waals surface area (Å²) < 4.78 is 11.1. The highest BCUT2D eigenvalue weighted by Gasteiger charge is 2.38. The molecule has 1 aromatic rings.